The molecule has 0 fully saturated rings. The van der Waals surface area contributed by atoms with Crippen LogP contribution >= 0.6 is 12.6 Å². The first kappa shape index (κ1) is 9.27. The van der Waals surface area contributed by atoms with Gasteiger partial charge in [-0.05, 0) is 25.6 Å². The van der Waals surface area contributed by atoms with Crippen LogP contribution in [0.15, 0.2) is 0 Å². The lowest BCUT2D eigenvalue weighted by molar-refractivity contribution is 0.191. The quantitative estimate of drug-likeness (QED) is 0.387. The smallest absolute Gasteiger partial charge is 0.0636 e. The average Bonchev–Trinajstić information content (AvgIpc) is 1.80. The van der Waals surface area contributed by atoms with Gasteiger partial charge in [0.1, 0.15) is 0 Å². The highest BCUT2D eigenvalue weighted by Gasteiger charge is 1.91. The fourth-order valence-electron chi connectivity index (χ4n) is 0.515. The lowest BCUT2D eigenvalue weighted by atomic mass is 10.4. The number of rotatable bonds is 5. The Balaban J connectivity index is 2.75. The van der Waals surface area contributed by atoms with Crippen molar-refractivity contribution in [3.8, 4) is 0 Å². The molecule has 3 heteroatoms. The van der Waals surface area contributed by atoms with Crippen LogP contribution in [0.3, 0.4) is 0 Å². The molecular weight excluding hydrogens is 134 g/mol. The third-order valence-corrected chi connectivity index (χ3v) is 1.27. The Hall–Kier alpha value is 0.270. The first-order valence-electron chi connectivity index (χ1n) is 3.27. The number of nitrogens with one attached hydrogen (secondary N) is 1. The molecule has 0 amide bonds. The zero-order chi connectivity index (χ0) is 7.11. The molecule has 2 nitrogen and oxygen atoms in total. The highest BCUT2D eigenvalue weighted by Crippen LogP contribution is 1.80. The van der Waals surface area contributed by atoms with Crippen molar-refractivity contribution in [2.75, 3.05) is 18.8 Å². The van der Waals surface area contributed by atoms with Crippen LogP contribution in [0.4, 0.5) is 0 Å². The van der Waals surface area contributed by atoms with E-state index in [9.17, 15) is 0 Å². The second-order valence-corrected chi connectivity index (χ2v) is 2.58. The van der Waals surface area contributed by atoms with Gasteiger partial charge in [-0.2, -0.15) is 12.6 Å². The Kier molecular flexibility index (Phi) is 6.58. The van der Waals surface area contributed by atoms with Crippen molar-refractivity contribution in [1.82, 2.24) is 5.32 Å². The van der Waals surface area contributed by atoms with Gasteiger partial charge in [0, 0.05) is 6.54 Å². The summed E-state index contributed by atoms with van der Waals surface area (Å²) in [5.41, 5.74) is 0. The zero-order valence-electron chi connectivity index (χ0n) is 5.80. The van der Waals surface area contributed by atoms with Crippen molar-refractivity contribution >= 4 is 12.6 Å². The minimum absolute atomic E-state index is 0.232. The van der Waals surface area contributed by atoms with Crippen molar-refractivity contribution < 1.29 is 5.11 Å². The maximum absolute atomic E-state index is 8.77. The standard InChI is InChI=1S/C6H15NOS/c1-6(8)5-7-3-2-4-9/h6-9H,2-5H2,1H3. The molecule has 0 aromatic carbocycles. The highest BCUT2D eigenvalue weighted by molar-refractivity contribution is 7.80. The lowest BCUT2D eigenvalue weighted by Gasteiger charge is -2.04. The third-order valence-electron chi connectivity index (χ3n) is 0.951. The van der Waals surface area contributed by atoms with Crippen molar-refractivity contribution in [3.63, 3.8) is 0 Å². The molecule has 2 N–H and O–H groups in total. The van der Waals surface area contributed by atoms with E-state index >= 15 is 0 Å². The summed E-state index contributed by atoms with van der Waals surface area (Å²) in [5.74, 6) is 0.910. The van der Waals surface area contributed by atoms with Crippen molar-refractivity contribution in [3.05, 3.63) is 0 Å². The van der Waals surface area contributed by atoms with Crippen LogP contribution in [-0.2, 0) is 0 Å². The van der Waals surface area contributed by atoms with E-state index in [-0.39, 0.29) is 6.10 Å². The Morgan fingerprint density at radius 3 is 2.78 bits per heavy atom. The Bertz CT molecular complexity index is 59.0. The third kappa shape index (κ3) is 8.27. The van der Waals surface area contributed by atoms with Crippen LogP contribution in [-0.4, -0.2) is 30.1 Å². The Morgan fingerprint density at radius 2 is 2.33 bits per heavy atom. The summed E-state index contributed by atoms with van der Waals surface area (Å²) in [6.45, 7) is 3.41. The predicted molar refractivity (Wildman–Crippen MR) is 43.0 cm³/mol. The molecule has 0 heterocycles. The number of hydrogen-bond acceptors (Lipinski definition) is 3. The first-order valence-corrected chi connectivity index (χ1v) is 3.90. The molecule has 0 rings (SSSR count). The molecule has 0 aliphatic rings. The summed E-state index contributed by atoms with van der Waals surface area (Å²) < 4.78 is 0. The van der Waals surface area contributed by atoms with Gasteiger partial charge in [0.2, 0.25) is 0 Å². The lowest BCUT2D eigenvalue weighted by Crippen LogP contribution is -2.25. The number of hydrogen-bond donors (Lipinski definition) is 3. The Labute approximate surface area is 62.1 Å². The summed E-state index contributed by atoms with van der Waals surface area (Å²) in [4.78, 5) is 0. The van der Waals surface area contributed by atoms with Crippen molar-refractivity contribution in [2.24, 2.45) is 0 Å². The van der Waals surface area contributed by atoms with E-state index in [4.69, 9.17) is 5.11 Å². The molecule has 0 aliphatic heterocycles. The molecule has 1 unspecified atom stereocenters. The fraction of sp³-hybridized carbons (Fsp3) is 1.00. The van der Waals surface area contributed by atoms with Crippen LogP contribution in [0.25, 0.3) is 0 Å². The molecule has 0 aromatic heterocycles. The largest absolute Gasteiger partial charge is 0.392 e. The molecule has 56 valence electrons. The summed E-state index contributed by atoms with van der Waals surface area (Å²) in [6, 6.07) is 0. The maximum atomic E-state index is 8.77. The first-order chi connectivity index (χ1) is 4.27. The van der Waals surface area contributed by atoms with Crippen LogP contribution in [0.5, 0.6) is 0 Å². The normalized spacial score (nSPS) is 13.7. The van der Waals surface area contributed by atoms with Crippen LogP contribution < -0.4 is 5.32 Å². The van der Waals surface area contributed by atoms with E-state index in [0.717, 1.165) is 18.7 Å². The van der Waals surface area contributed by atoms with Gasteiger partial charge in [0.05, 0.1) is 6.10 Å². The van der Waals surface area contributed by atoms with E-state index in [2.05, 4.69) is 17.9 Å². The molecule has 0 saturated carbocycles. The van der Waals surface area contributed by atoms with Gasteiger partial charge in [-0.1, -0.05) is 0 Å². The van der Waals surface area contributed by atoms with Crippen molar-refractivity contribution in [1.29, 1.82) is 0 Å². The number of thiol groups is 1. The van der Waals surface area contributed by atoms with Crippen molar-refractivity contribution in [2.45, 2.75) is 19.4 Å². The van der Waals surface area contributed by atoms with E-state index in [1.807, 2.05) is 0 Å². The maximum Gasteiger partial charge on any atom is 0.0636 e. The van der Waals surface area contributed by atoms with Gasteiger partial charge in [0.25, 0.3) is 0 Å². The van der Waals surface area contributed by atoms with Gasteiger partial charge in [-0.15, -0.1) is 0 Å². The molecule has 0 bridgehead atoms. The molecule has 0 radical (unpaired) electrons. The van der Waals surface area contributed by atoms with E-state index in [0.29, 0.717) is 6.54 Å². The molecule has 0 aromatic rings. The summed E-state index contributed by atoms with van der Waals surface area (Å²) >= 11 is 4.04. The average molecular weight is 149 g/mol. The molecule has 0 spiro atoms. The molecule has 9 heavy (non-hydrogen) atoms. The van der Waals surface area contributed by atoms with E-state index < -0.39 is 0 Å². The second kappa shape index (κ2) is 6.39. The fourth-order valence-corrected chi connectivity index (χ4v) is 0.673. The second-order valence-electron chi connectivity index (χ2n) is 2.13. The number of aliphatic hydroxyl groups is 1. The van der Waals surface area contributed by atoms with Crippen LogP contribution in [0.2, 0.25) is 0 Å². The van der Waals surface area contributed by atoms with Gasteiger partial charge in [0.15, 0.2) is 0 Å². The summed E-state index contributed by atoms with van der Waals surface area (Å²) in [7, 11) is 0. The van der Waals surface area contributed by atoms with Crippen LogP contribution in [0, 0.1) is 0 Å². The van der Waals surface area contributed by atoms with E-state index in [1.165, 1.54) is 0 Å². The van der Waals surface area contributed by atoms with Gasteiger partial charge in [-0.25, -0.2) is 0 Å². The topological polar surface area (TPSA) is 32.3 Å². The molecule has 0 saturated heterocycles. The van der Waals surface area contributed by atoms with Gasteiger partial charge in [-0.3, -0.25) is 0 Å². The Morgan fingerprint density at radius 1 is 1.67 bits per heavy atom. The SMILES string of the molecule is CC(O)CNCCCS. The van der Waals surface area contributed by atoms with E-state index in [1.54, 1.807) is 6.92 Å². The zero-order valence-corrected chi connectivity index (χ0v) is 6.69. The summed E-state index contributed by atoms with van der Waals surface area (Å²) in [6.07, 6.45) is 0.834. The molecular formula is C6H15NOS. The van der Waals surface area contributed by atoms with Gasteiger partial charge >= 0.3 is 0 Å². The monoisotopic (exact) mass is 149 g/mol. The number of aliphatic hydroxyl groups excluding tert-OH is 1. The highest BCUT2D eigenvalue weighted by atomic mass is 32.1. The van der Waals surface area contributed by atoms with Crippen LogP contribution in [0.1, 0.15) is 13.3 Å². The minimum atomic E-state index is -0.232. The molecule has 0 aliphatic carbocycles. The predicted octanol–water partition coefficient (Wildman–Crippen LogP) is 0.277. The summed E-state index contributed by atoms with van der Waals surface area (Å²) in [5, 5.41) is 11.9. The van der Waals surface area contributed by atoms with Gasteiger partial charge < -0.3 is 10.4 Å². The molecule has 1 atom stereocenters. The minimum Gasteiger partial charge on any atom is -0.392 e.